The number of nitrogens with two attached hydrogens (primary N) is 2. The highest BCUT2D eigenvalue weighted by Crippen LogP contribution is 2.23. The fourth-order valence-electron chi connectivity index (χ4n) is 1.17. The smallest absolute Gasteiger partial charge is 0.335 e. The van der Waals surface area contributed by atoms with Gasteiger partial charge in [0.25, 0.3) is 0 Å². The fraction of sp³-hybridized carbons (Fsp3) is 0. The van der Waals surface area contributed by atoms with E-state index < -0.39 is 11.9 Å². The van der Waals surface area contributed by atoms with Crippen molar-refractivity contribution >= 4 is 29.4 Å². The van der Waals surface area contributed by atoms with Crippen LogP contribution in [0.5, 0.6) is 0 Å². The van der Waals surface area contributed by atoms with Gasteiger partial charge in [0, 0.05) is 23.0 Å². The van der Waals surface area contributed by atoms with E-state index >= 15 is 0 Å². The number of aliphatic carboxylic acids is 1. The van der Waals surface area contributed by atoms with E-state index in [9.17, 15) is 9.59 Å². The van der Waals surface area contributed by atoms with Crippen molar-refractivity contribution in [3.05, 3.63) is 29.3 Å². The van der Waals surface area contributed by atoms with Crippen molar-refractivity contribution in [2.75, 3.05) is 11.5 Å². The van der Waals surface area contributed by atoms with Crippen LogP contribution >= 0.6 is 0 Å². The summed E-state index contributed by atoms with van der Waals surface area (Å²) in [4.78, 5) is 21.0. The summed E-state index contributed by atoms with van der Waals surface area (Å²) in [7, 11) is 0. The maximum absolute atomic E-state index is 10.7. The second-order valence-electron chi connectivity index (χ2n) is 3.05. The molecule has 0 aliphatic heterocycles. The molecule has 0 aliphatic carbocycles. The Balaban J connectivity index is 3.22. The van der Waals surface area contributed by atoms with Crippen LogP contribution in [0.4, 0.5) is 11.4 Å². The molecule has 0 amide bonds. The molecule has 16 heavy (non-hydrogen) atoms. The van der Waals surface area contributed by atoms with Crippen molar-refractivity contribution in [3.8, 4) is 0 Å². The standard InChI is InChI=1S/C10H10N2O4/c11-7-3-5(10(15)16)4-8(12)6(7)1-2-9(13)14/h1-4H,11-12H2,(H,13,14)(H,15,16)/b2-1+. The average Bonchev–Trinajstić information content (AvgIpc) is 2.15. The summed E-state index contributed by atoms with van der Waals surface area (Å²) >= 11 is 0. The number of anilines is 2. The predicted molar refractivity (Wildman–Crippen MR) is 58.9 cm³/mol. The van der Waals surface area contributed by atoms with E-state index in [1.54, 1.807) is 0 Å². The number of carboxylic acid groups (broad SMARTS) is 2. The first kappa shape index (κ1) is 11.6. The number of rotatable bonds is 3. The van der Waals surface area contributed by atoms with Gasteiger partial charge in [-0.3, -0.25) is 0 Å². The van der Waals surface area contributed by atoms with Crippen LogP contribution in [0.1, 0.15) is 15.9 Å². The molecule has 0 spiro atoms. The van der Waals surface area contributed by atoms with Crippen molar-refractivity contribution in [2.45, 2.75) is 0 Å². The first-order chi connectivity index (χ1) is 7.41. The van der Waals surface area contributed by atoms with Crippen LogP contribution in [0.2, 0.25) is 0 Å². The fourth-order valence-corrected chi connectivity index (χ4v) is 1.17. The van der Waals surface area contributed by atoms with Crippen LogP contribution in [0.15, 0.2) is 18.2 Å². The average molecular weight is 222 g/mol. The normalized spacial score (nSPS) is 10.5. The zero-order chi connectivity index (χ0) is 12.3. The Hall–Kier alpha value is -2.50. The Labute approximate surface area is 90.8 Å². The lowest BCUT2D eigenvalue weighted by Crippen LogP contribution is -2.03. The predicted octanol–water partition coefficient (Wildman–Crippen LogP) is 0.647. The third-order valence-corrected chi connectivity index (χ3v) is 1.88. The Morgan fingerprint density at radius 1 is 1.12 bits per heavy atom. The molecule has 0 saturated heterocycles. The van der Waals surface area contributed by atoms with E-state index in [2.05, 4.69) is 0 Å². The highest BCUT2D eigenvalue weighted by Gasteiger charge is 2.09. The van der Waals surface area contributed by atoms with Gasteiger partial charge in [-0.2, -0.15) is 0 Å². The van der Waals surface area contributed by atoms with Crippen LogP contribution in [0.3, 0.4) is 0 Å². The molecule has 0 aliphatic rings. The highest BCUT2D eigenvalue weighted by molar-refractivity contribution is 5.94. The monoisotopic (exact) mass is 222 g/mol. The molecule has 6 heteroatoms. The molecule has 0 radical (unpaired) electrons. The third kappa shape index (κ3) is 2.50. The molecule has 6 N–H and O–H groups in total. The molecular weight excluding hydrogens is 212 g/mol. The number of hydrogen-bond acceptors (Lipinski definition) is 4. The maximum Gasteiger partial charge on any atom is 0.335 e. The Morgan fingerprint density at radius 2 is 1.62 bits per heavy atom. The van der Waals surface area contributed by atoms with E-state index in [1.807, 2.05) is 0 Å². The maximum atomic E-state index is 10.7. The lowest BCUT2D eigenvalue weighted by molar-refractivity contribution is -0.131. The van der Waals surface area contributed by atoms with Gasteiger partial charge in [-0.15, -0.1) is 0 Å². The van der Waals surface area contributed by atoms with E-state index in [0.29, 0.717) is 5.56 Å². The van der Waals surface area contributed by atoms with Crippen LogP contribution in [-0.2, 0) is 4.79 Å². The van der Waals surface area contributed by atoms with Crippen molar-refractivity contribution in [3.63, 3.8) is 0 Å². The largest absolute Gasteiger partial charge is 0.478 e. The van der Waals surface area contributed by atoms with Crippen LogP contribution in [0.25, 0.3) is 6.08 Å². The summed E-state index contributed by atoms with van der Waals surface area (Å²) in [6, 6.07) is 2.44. The summed E-state index contributed by atoms with van der Waals surface area (Å²) in [6.07, 6.45) is 2.10. The first-order valence-electron chi connectivity index (χ1n) is 4.25. The molecule has 0 atom stereocenters. The van der Waals surface area contributed by atoms with Gasteiger partial charge in [0.15, 0.2) is 0 Å². The first-order valence-corrected chi connectivity index (χ1v) is 4.25. The topological polar surface area (TPSA) is 127 Å². The van der Waals surface area contributed by atoms with Gasteiger partial charge in [0.2, 0.25) is 0 Å². The molecule has 0 fully saturated rings. The SMILES string of the molecule is Nc1cc(C(=O)O)cc(N)c1/C=C/C(=O)O. The summed E-state index contributed by atoms with van der Waals surface area (Å²) in [5.74, 6) is -2.28. The molecule has 0 bridgehead atoms. The molecule has 0 aromatic heterocycles. The van der Waals surface area contributed by atoms with Crippen molar-refractivity contribution < 1.29 is 19.8 Å². The Bertz CT molecular complexity index is 457. The number of carbonyl (C=O) groups is 2. The minimum absolute atomic E-state index is 0.0394. The van der Waals surface area contributed by atoms with Gasteiger partial charge >= 0.3 is 11.9 Å². The van der Waals surface area contributed by atoms with Gasteiger partial charge in [-0.25, -0.2) is 9.59 Å². The summed E-state index contributed by atoms with van der Waals surface area (Å²) in [5, 5.41) is 17.2. The Morgan fingerprint density at radius 3 is 2.00 bits per heavy atom. The Kier molecular flexibility index (Phi) is 3.14. The molecule has 1 rings (SSSR count). The minimum atomic E-state index is -1.15. The van der Waals surface area contributed by atoms with Gasteiger partial charge in [0.1, 0.15) is 0 Å². The molecule has 6 nitrogen and oxygen atoms in total. The number of benzene rings is 1. The number of carboxylic acids is 2. The van der Waals surface area contributed by atoms with Crippen LogP contribution < -0.4 is 11.5 Å². The zero-order valence-electron chi connectivity index (χ0n) is 8.18. The lowest BCUT2D eigenvalue weighted by atomic mass is 10.1. The van der Waals surface area contributed by atoms with Crippen molar-refractivity contribution in [2.24, 2.45) is 0 Å². The lowest BCUT2D eigenvalue weighted by Gasteiger charge is -2.06. The molecule has 0 saturated carbocycles. The van der Waals surface area contributed by atoms with E-state index in [0.717, 1.165) is 6.08 Å². The quantitative estimate of drug-likeness (QED) is 0.439. The van der Waals surface area contributed by atoms with Crippen molar-refractivity contribution in [1.82, 2.24) is 0 Å². The summed E-state index contributed by atoms with van der Waals surface area (Å²) in [5.41, 5.74) is 11.6. The van der Waals surface area contributed by atoms with Crippen LogP contribution in [0, 0.1) is 0 Å². The highest BCUT2D eigenvalue weighted by atomic mass is 16.4. The number of aromatic carboxylic acids is 1. The molecule has 1 aromatic carbocycles. The summed E-state index contributed by atoms with van der Waals surface area (Å²) in [6.45, 7) is 0. The van der Waals surface area contributed by atoms with Gasteiger partial charge < -0.3 is 21.7 Å². The van der Waals surface area contributed by atoms with E-state index in [1.165, 1.54) is 18.2 Å². The minimum Gasteiger partial charge on any atom is -0.478 e. The molecule has 84 valence electrons. The third-order valence-electron chi connectivity index (χ3n) is 1.88. The van der Waals surface area contributed by atoms with Gasteiger partial charge in [0.05, 0.1) is 5.56 Å². The van der Waals surface area contributed by atoms with E-state index in [-0.39, 0.29) is 16.9 Å². The van der Waals surface area contributed by atoms with Crippen LogP contribution in [-0.4, -0.2) is 22.2 Å². The van der Waals surface area contributed by atoms with E-state index in [4.69, 9.17) is 21.7 Å². The molecular formula is C10H10N2O4. The second kappa shape index (κ2) is 4.35. The van der Waals surface area contributed by atoms with Gasteiger partial charge in [-0.05, 0) is 18.2 Å². The number of hydrogen-bond donors (Lipinski definition) is 4. The second-order valence-corrected chi connectivity index (χ2v) is 3.05. The molecule has 1 aromatic rings. The van der Waals surface area contributed by atoms with Crippen molar-refractivity contribution in [1.29, 1.82) is 0 Å². The summed E-state index contributed by atoms with van der Waals surface area (Å²) < 4.78 is 0. The van der Waals surface area contributed by atoms with Gasteiger partial charge in [-0.1, -0.05) is 0 Å². The number of nitrogen functional groups attached to an aromatic ring is 2. The zero-order valence-corrected chi connectivity index (χ0v) is 8.18. The molecule has 0 heterocycles. The molecule has 0 unspecified atom stereocenters.